The maximum Gasteiger partial charge on any atom is 0.225 e. The Labute approximate surface area is 115 Å². The van der Waals surface area contributed by atoms with Crippen molar-refractivity contribution in [1.82, 2.24) is 4.98 Å². The van der Waals surface area contributed by atoms with Gasteiger partial charge in [0.15, 0.2) is 0 Å². The lowest BCUT2D eigenvalue weighted by Crippen LogP contribution is -1.98. The van der Waals surface area contributed by atoms with Crippen LogP contribution in [-0.4, -0.2) is 10.1 Å². The molecule has 0 saturated heterocycles. The number of nitrogens with zero attached hydrogens (tertiary/aromatic N) is 1. The van der Waals surface area contributed by atoms with E-state index in [1.54, 1.807) is 43.5 Å². The Balaban J connectivity index is 2.37. The summed E-state index contributed by atoms with van der Waals surface area (Å²) in [7, 11) is 0. The first-order valence-corrected chi connectivity index (χ1v) is 6.09. The number of hydrogen-bond acceptors (Lipinski definition) is 3. The summed E-state index contributed by atoms with van der Waals surface area (Å²) in [5.74, 6) is 0.724. The molecule has 1 aromatic carbocycles. The van der Waals surface area contributed by atoms with Crippen molar-refractivity contribution in [3.05, 3.63) is 52.1 Å². The summed E-state index contributed by atoms with van der Waals surface area (Å²) in [6, 6.07) is 8.39. The highest BCUT2D eigenvalue weighted by molar-refractivity contribution is 6.34. The molecule has 1 unspecified atom stereocenters. The first-order valence-electron chi connectivity index (χ1n) is 5.34. The Morgan fingerprint density at radius 1 is 1.28 bits per heavy atom. The highest BCUT2D eigenvalue weighted by Gasteiger charge is 2.12. The summed E-state index contributed by atoms with van der Waals surface area (Å²) in [4.78, 5) is 4.08. The third-order valence-corrected chi connectivity index (χ3v) is 2.90. The molecule has 0 aliphatic rings. The van der Waals surface area contributed by atoms with Gasteiger partial charge in [-0.1, -0.05) is 23.2 Å². The van der Waals surface area contributed by atoms with Gasteiger partial charge in [-0.25, -0.2) is 4.98 Å². The molecule has 3 nitrogen and oxygen atoms in total. The lowest BCUT2D eigenvalue weighted by atomic mass is 10.2. The van der Waals surface area contributed by atoms with E-state index in [-0.39, 0.29) is 0 Å². The zero-order chi connectivity index (χ0) is 13.1. The van der Waals surface area contributed by atoms with E-state index in [9.17, 15) is 5.11 Å². The van der Waals surface area contributed by atoms with Crippen LogP contribution >= 0.6 is 23.2 Å². The molecule has 1 N–H and O–H groups in total. The van der Waals surface area contributed by atoms with Crippen LogP contribution in [0.3, 0.4) is 0 Å². The molecule has 1 atom stereocenters. The minimum Gasteiger partial charge on any atom is -0.437 e. The van der Waals surface area contributed by atoms with E-state index >= 15 is 0 Å². The van der Waals surface area contributed by atoms with Crippen molar-refractivity contribution in [2.45, 2.75) is 13.0 Å². The normalized spacial score (nSPS) is 12.2. The molecule has 0 saturated carbocycles. The Hall–Kier alpha value is -1.29. The Kier molecular flexibility index (Phi) is 4.07. The molecule has 94 valence electrons. The maximum atomic E-state index is 9.63. The number of aliphatic hydroxyl groups is 1. The molecule has 2 aromatic rings. The summed E-state index contributed by atoms with van der Waals surface area (Å²) in [5.41, 5.74) is 0.591. The van der Waals surface area contributed by atoms with Gasteiger partial charge < -0.3 is 9.84 Å². The Morgan fingerprint density at radius 3 is 2.78 bits per heavy atom. The number of halogens is 2. The van der Waals surface area contributed by atoms with Crippen molar-refractivity contribution in [3.63, 3.8) is 0 Å². The number of hydrogen-bond donors (Lipinski definition) is 1. The van der Waals surface area contributed by atoms with Crippen molar-refractivity contribution in [2.24, 2.45) is 0 Å². The summed E-state index contributed by atoms with van der Waals surface area (Å²) in [6.45, 7) is 1.64. The second-order valence-electron chi connectivity index (χ2n) is 3.75. The summed E-state index contributed by atoms with van der Waals surface area (Å²) >= 11 is 11.9. The molecule has 1 aromatic heterocycles. The van der Waals surface area contributed by atoms with Crippen molar-refractivity contribution in [1.29, 1.82) is 0 Å². The summed E-state index contributed by atoms with van der Waals surface area (Å²) in [5, 5.41) is 10.6. The van der Waals surface area contributed by atoms with E-state index in [4.69, 9.17) is 27.9 Å². The fourth-order valence-electron chi connectivity index (χ4n) is 1.47. The zero-order valence-electron chi connectivity index (χ0n) is 9.60. The van der Waals surface area contributed by atoms with Crippen molar-refractivity contribution in [2.75, 3.05) is 0 Å². The second kappa shape index (κ2) is 5.57. The number of benzene rings is 1. The van der Waals surface area contributed by atoms with Gasteiger partial charge in [0.25, 0.3) is 0 Å². The first-order chi connectivity index (χ1) is 8.58. The van der Waals surface area contributed by atoms with E-state index < -0.39 is 6.10 Å². The van der Waals surface area contributed by atoms with Gasteiger partial charge in [-0.3, -0.25) is 0 Å². The van der Waals surface area contributed by atoms with E-state index in [1.807, 2.05) is 0 Å². The van der Waals surface area contributed by atoms with Crippen molar-refractivity contribution >= 4 is 23.2 Å². The third kappa shape index (κ3) is 2.93. The van der Waals surface area contributed by atoms with Crippen LogP contribution in [0, 0.1) is 0 Å². The van der Waals surface area contributed by atoms with Crippen LogP contribution in [0.2, 0.25) is 10.0 Å². The molecule has 0 spiro atoms. The maximum absolute atomic E-state index is 9.63. The van der Waals surface area contributed by atoms with Gasteiger partial charge in [0.1, 0.15) is 5.75 Å². The number of ether oxygens (including phenoxy) is 1. The van der Waals surface area contributed by atoms with Crippen LogP contribution in [0.4, 0.5) is 0 Å². The van der Waals surface area contributed by atoms with Crippen LogP contribution in [0.5, 0.6) is 11.6 Å². The summed E-state index contributed by atoms with van der Waals surface area (Å²) in [6.07, 6.45) is 0.909. The van der Waals surface area contributed by atoms with Crippen LogP contribution in [-0.2, 0) is 0 Å². The fourth-order valence-corrected chi connectivity index (χ4v) is 1.78. The molecule has 0 radical (unpaired) electrons. The number of pyridine rings is 1. The minimum atomic E-state index is -0.674. The van der Waals surface area contributed by atoms with Crippen LogP contribution in [0.1, 0.15) is 18.6 Å². The smallest absolute Gasteiger partial charge is 0.225 e. The quantitative estimate of drug-likeness (QED) is 0.916. The first kappa shape index (κ1) is 13.1. The third-order valence-electron chi connectivity index (χ3n) is 2.35. The monoisotopic (exact) mass is 283 g/mol. The lowest BCUT2D eigenvalue weighted by molar-refractivity contribution is 0.194. The highest BCUT2D eigenvalue weighted by atomic mass is 35.5. The average Bonchev–Trinajstić information content (AvgIpc) is 2.34. The molecular weight excluding hydrogens is 273 g/mol. The van der Waals surface area contributed by atoms with Crippen LogP contribution in [0.15, 0.2) is 36.5 Å². The van der Waals surface area contributed by atoms with Crippen LogP contribution < -0.4 is 4.74 Å². The number of aliphatic hydroxyl groups excluding tert-OH is 1. The molecule has 0 aliphatic heterocycles. The van der Waals surface area contributed by atoms with E-state index in [1.165, 1.54) is 0 Å². The standard InChI is InChI=1S/C13H11Cl2NO2/c1-8(17)10-3-2-6-16-13(10)18-12-7-9(14)4-5-11(12)15/h2-8,17H,1H3. The molecule has 18 heavy (non-hydrogen) atoms. The van der Waals surface area contributed by atoms with Gasteiger partial charge in [0.05, 0.1) is 11.1 Å². The molecule has 0 bridgehead atoms. The van der Waals surface area contributed by atoms with Crippen LogP contribution in [0.25, 0.3) is 0 Å². The largest absolute Gasteiger partial charge is 0.437 e. The molecule has 5 heteroatoms. The SMILES string of the molecule is CC(O)c1cccnc1Oc1cc(Cl)ccc1Cl. The van der Waals surface area contributed by atoms with Gasteiger partial charge in [-0.2, -0.15) is 0 Å². The van der Waals surface area contributed by atoms with Gasteiger partial charge in [0.2, 0.25) is 5.88 Å². The average molecular weight is 284 g/mol. The van der Waals surface area contributed by atoms with E-state index in [0.717, 1.165) is 0 Å². The molecule has 0 aliphatic carbocycles. The second-order valence-corrected chi connectivity index (χ2v) is 4.59. The van der Waals surface area contributed by atoms with Gasteiger partial charge in [-0.05, 0) is 31.2 Å². The van der Waals surface area contributed by atoms with Gasteiger partial charge in [0, 0.05) is 22.8 Å². The zero-order valence-corrected chi connectivity index (χ0v) is 11.1. The summed E-state index contributed by atoms with van der Waals surface area (Å²) < 4.78 is 5.59. The van der Waals surface area contributed by atoms with E-state index in [0.29, 0.717) is 27.2 Å². The van der Waals surface area contributed by atoms with Gasteiger partial charge in [-0.15, -0.1) is 0 Å². The number of rotatable bonds is 3. The van der Waals surface area contributed by atoms with Crippen molar-refractivity contribution < 1.29 is 9.84 Å². The number of aromatic nitrogens is 1. The molecule has 2 rings (SSSR count). The minimum absolute atomic E-state index is 0.316. The lowest BCUT2D eigenvalue weighted by Gasteiger charge is -2.12. The topological polar surface area (TPSA) is 42.4 Å². The Morgan fingerprint density at radius 2 is 2.06 bits per heavy atom. The fraction of sp³-hybridized carbons (Fsp3) is 0.154. The highest BCUT2D eigenvalue weighted by Crippen LogP contribution is 2.33. The van der Waals surface area contributed by atoms with Crippen molar-refractivity contribution in [3.8, 4) is 11.6 Å². The predicted molar refractivity (Wildman–Crippen MR) is 71.4 cm³/mol. The van der Waals surface area contributed by atoms with Gasteiger partial charge >= 0.3 is 0 Å². The molecule has 1 heterocycles. The van der Waals surface area contributed by atoms with E-state index in [2.05, 4.69) is 4.98 Å². The molecule has 0 amide bonds. The Bertz CT molecular complexity index is 558. The molecule has 0 fully saturated rings. The molecular formula is C13H11Cl2NO2. The predicted octanol–water partition coefficient (Wildman–Crippen LogP) is 4.23.